The first kappa shape index (κ1) is 18.7. The van der Waals surface area contributed by atoms with Crippen LogP contribution in [0, 0.1) is 17.0 Å². The number of thiocarbonyl (C=S) groups is 1. The molecule has 0 aliphatic rings. The number of nitro groups is 1. The quantitative estimate of drug-likeness (QED) is 0.351. The highest BCUT2D eigenvalue weighted by Crippen LogP contribution is 2.34. The minimum absolute atomic E-state index is 0.112. The number of anilines is 2. The predicted octanol–water partition coefficient (Wildman–Crippen LogP) is 3.52. The Balaban J connectivity index is 2.17. The van der Waals surface area contributed by atoms with E-state index in [1.807, 2.05) is 13.8 Å². The summed E-state index contributed by atoms with van der Waals surface area (Å²) in [6, 6.07) is 2.77. The Bertz CT molecular complexity index is 818. The van der Waals surface area contributed by atoms with E-state index in [9.17, 15) is 14.9 Å². The van der Waals surface area contributed by atoms with E-state index in [0.717, 1.165) is 16.6 Å². The fourth-order valence-corrected chi connectivity index (χ4v) is 3.64. The van der Waals surface area contributed by atoms with E-state index in [1.165, 1.54) is 30.6 Å². The van der Waals surface area contributed by atoms with E-state index in [1.54, 1.807) is 0 Å². The van der Waals surface area contributed by atoms with Gasteiger partial charge in [-0.1, -0.05) is 6.92 Å². The highest BCUT2D eigenvalue weighted by atomic mass is 32.1. The normalized spacial score (nSPS) is 10.2. The van der Waals surface area contributed by atoms with Gasteiger partial charge in [0.15, 0.2) is 5.11 Å². The molecule has 0 fully saturated rings. The number of pyridine rings is 1. The number of aryl methyl sites for hydroxylation is 1. The van der Waals surface area contributed by atoms with Gasteiger partial charge in [-0.15, -0.1) is 11.3 Å². The molecule has 2 N–H and O–H groups in total. The van der Waals surface area contributed by atoms with E-state index < -0.39 is 10.9 Å². The number of ether oxygens (including phenoxy) is 1. The molecule has 8 nitrogen and oxygen atoms in total. The zero-order chi connectivity index (χ0) is 18.6. The predicted molar refractivity (Wildman–Crippen MR) is 101 cm³/mol. The van der Waals surface area contributed by atoms with Gasteiger partial charge in [-0.3, -0.25) is 10.1 Å². The molecule has 0 spiro atoms. The fraction of sp³-hybridized carbons (Fsp3) is 0.267. The summed E-state index contributed by atoms with van der Waals surface area (Å²) in [6.45, 7) is 3.89. The third-order valence-electron chi connectivity index (χ3n) is 3.38. The molecule has 0 saturated heterocycles. The molecule has 0 amide bonds. The van der Waals surface area contributed by atoms with Crippen molar-refractivity contribution in [2.75, 3.05) is 17.7 Å². The van der Waals surface area contributed by atoms with Crippen molar-refractivity contribution in [3.05, 3.63) is 44.4 Å². The number of thiophene rings is 1. The van der Waals surface area contributed by atoms with Gasteiger partial charge in [0.05, 0.1) is 17.6 Å². The fourth-order valence-electron chi connectivity index (χ4n) is 2.23. The number of carbonyl (C=O) groups is 1. The van der Waals surface area contributed by atoms with Crippen LogP contribution in [0.5, 0.6) is 0 Å². The standard InChI is InChI=1S/C15H16N4O4S2/c1-4-10-8(2)25-13(12(10)14(20)23-3)18-15(24)17-11-6-5-9(7-16-11)19(21)22/h5-7H,4H2,1-3H3,(H2,16,17,18,24). The first-order chi connectivity index (χ1) is 11.9. The minimum Gasteiger partial charge on any atom is -0.465 e. The lowest BCUT2D eigenvalue weighted by molar-refractivity contribution is -0.385. The summed E-state index contributed by atoms with van der Waals surface area (Å²) in [5.41, 5.74) is 1.27. The number of methoxy groups -OCH3 is 1. The molecule has 0 unspecified atom stereocenters. The molecule has 0 atom stereocenters. The molecule has 25 heavy (non-hydrogen) atoms. The van der Waals surface area contributed by atoms with Crippen molar-refractivity contribution in [3.63, 3.8) is 0 Å². The second-order valence-corrected chi connectivity index (χ2v) is 6.56. The maximum Gasteiger partial charge on any atom is 0.341 e. The van der Waals surface area contributed by atoms with Gasteiger partial charge in [0.1, 0.15) is 17.0 Å². The molecule has 0 aliphatic heterocycles. The van der Waals surface area contributed by atoms with Crippen LogP contribution in [0.15, 0.2) is 18.3 Å². The largest absolute Gasteiger partial charge is 0.465 e. The molecule has 0 saturated carbocycles. The van der Waals surface area contributed by atoms with Crippen LogP contribution in [0.3, 0.4) is 0 Å². The van der Waals surface area contributed by atoms with Gasteiger partial charge < -0.3 is 15.4 Å². The Morgan fingerprint density at radius 3 is 2.68 bits per heavy atom. The molecular formula is C15H16N4O4S2. The van der Waals surface area contributed by atoms with Gasteiger partial charge in [0.25, 0.3) is 5.69 Å². The number of nitrogens with zero attached hydrogens (tertiary/aromatic N) is 2. The van der Waals surface area contributed by atoms with Gasteiger partial charge in [-0.25, -0.2) is 9.78 Å². The summed E-state index contributed by atoms with van der Waals surface area (Å²) in [5, 5.41) is 17.2. The van der Waals surface area contributed by atoms with Crippen molar-refractivity contribution in [3.8, 4) is 0 Å². The zero-order valence-electron chi connectivity index (χ0n) is 13.8. The van der Waals surface area contributed by atoms with Crippen LogP contribution in [0.4, 0.5) is 16.5 Å². The van der Waals surface area contributed by atoms with Gasteiger partial charge in [0.2, 0.25) is 0 Å². The highest BCUT2D eigenvalue weighted by Gasteiger charge is 2.22. The summed E-state index contributed by atoms with van der Waals surface area (Å²) >= 11 is 6.64. The number of aromatic nitrogens is 1. The number of hydrogen-bond acceptors (Lipinski definition) is 7. The maximum absolute atomic E-state index is 12.1. The van der Waals surface area contributed by atoms with Crippen molar-refractivity contribution in [2.24, 2.45) is 0 Å². The van der Waals surface area contributed by atoms with Crippen molar-refractivity contribution < 1.29 is 14.5 Å². The summed E-state index contributed by atoms with van der Waals surface area (Å²) in [5.74, 6) is -0.0772. The second kappa shape index (κ2) is 7.99. The third-order valence-corrected chi connectivity index (χ3v) is 4.65. The number of nitrogens with one attached hydrogen (secondary N) is 2. The number of rotatable bonds is 5. The Hall–Kier alpha value is -2.59. The van der Waals surface area contributed by atoms with Crippen molar-refractivity contribution in [1.29, 1.82) is 0 Å². The zero-order valence-corrected chi connectivity index (χ0v) is 15.4. The lowest BCUT2D eigenvalue weighted by atomic mass is 10.1. The van der Waals surface area contributed by atoms with Crippen LogP contribution in [0.2, 0.25) is 0 Å². The van der Waals surface area contributed by atoms with Crippen LogP contribution in [-0.4, -0.2) is 28.1 Å². The van der Waals surface area contributed by atoms with Crippen molar-refractivity contribution in [2.45, 2.75) is 20.3 Å². The molecule has 2 aromatic heterocycles. The molecule has 132 valence electrons. The smallest absolute Gasteiger partial charge is 0.341 e. The van der Waals surface area contributed by atoms with E-state index in [2.05, 4.69) is 15.6 Å². The lowest BCUT2D eigenvalue weighted by Gasteiger charge is -2.10. The topological polar surface area (TPSA) is 106 Å². The SMILES string of the molecule is CCc1c(C)sc(NC(=S)Nc2ccc([N+](=O)[O-])cn2)c1C(=O)OC. The average Bonchev–Trinajstić information content (AvgIpc) is 2.89. The van der Waals surface area contributed by atoms with Gasteiger partial charge in [-0.2, -0.15) is 0 Å². The summed E-state index contributed by atoms with van der Waals surface area (Å²) in [6.07, 6.45) is 1.83. The van der Waals surface area contributed by atoms with Gasteiger partial charge in [0, 0.05) is 10.9 Å². The summed E-state index contributed by atoms with van der Waals surface area (Å²) in [4.78, 5) is 27.1. The molecular weight excluding hydrogens is 364 g/mol. The molecule has 0 radical (unpaired) electrons. The maximum atomic E-state index is 12.1. The minimum atomic E-state index is -0.531. The van der Waals surface area contributed by atoms with Crippen molar-refractivity contribution >= 4 is 51.1 Å². The first-order valence-corrected chi connectivity index (χ1v) is 8.48. The van der Waals surface area contributed by atoms with Crippen LogP contribution in [0.1, 0.15) is 27.7 Å². The van der Waals surface area contributed by atoms with Gasteiger partial charge in [-0.05, 0) is 37.2 Å². The van der Waals surface area contributed by atoms with E-state index >= 15 is 0 Å². The monoisotopic (exact) mass is 380 g/mol. The summed E-state index contributed by atoms with van der Waals surface area (Å²) < 4.78 is 4.86. The molecule has 0 aromatic carbocycles. The van der Waals surface area contributed by atoms with Crippen molar-refractivity contribution in [1.82, 2.24) is 4.98 Å². The number of esters is 1. The lowest BCUT2D eigenvalue weighted by Crippen LogP contribution is -2.20. The number of hydrogen-bond donors (Lipinski definition) is 2. The number of carbonyl (C=O) groups excluding carboxylic acids is 1. The molecule has 0 bridgehead atoms. The highest BCUT2D eigenvalue weighted by molar-refractivity contribution is 7.80. The Morgan fingerprint density at radius 1 is 1.44 bits per heavy atom. The molecule has 2 aromatic rings. The van der Waals surface area contributed by atoms with Crippen LogP contribution in [-0.2, 0) is 11.2 Å². The molecule has 10 heteroatoms. The van der Waals surface area contributed by atoms with E-state index in [4.69, 9.17) is 17.0 Å². The third kappa shape index (κ3) is 4.28. The van der Waals surface area contributed by atoms with E-state index in [-0.39, 0.29) is 10.8 Å². The summed E-state index contributed by atoms with van der Waals surface area (Å²) in [7, 11) is 1.33. The van der Waals surface area contributed by atoms with Crippen LogP contribution < -0.4 is 10.6 Å². The Morgan fingerprint density at radius 2 is 2.16 bits per heavy atom. The van der Waals surface area contributed by atoms with Gasteiger partial charge >= 0.3 is 5.97 Å². The average molecular weight is 380 g/mol. The molecule has 2 rings (SSSR count). The Kier molecular flexibility index (Phi) is 5.99. The molecule has 2 heterocycles. The first-order valence-electron chi connectivity index (χ1n) is 7.26. The van der Waals surface area contributed by atoms with E-state index in [0.29, 0.717) is 22.8 Å². The second-order valence-electron chi connectivity index (χ2n) is 4.92. The molecule has 0 aliphatic carbocycles. The van der Waals surface area contributed by atoms with Crippen LogP contribution in [0.25, 0.3) is 0 Å². The van der Waals surface area contributed by atoms with Crippen LogP contribution >= 0.6 is 23.6 Å². The Labute approximate surface area is 153 Å².